The van der Waals surface area contributed by atoms with Crippen LogP contribution in [0.15, 0.2) is 23.1 Å². The van der Waals surface area contributed by atoms with Crippen LogP contribution in [-0.4, -0.2) is 35.3 Å². The molecule has 8 heteroatoms. The fourth-order valence-corrected chi connectivity index (χ4v) is 3.00. The second kappa shape index (κ2) is 9.92. The van der Waals surface area contributed by atoms with Crippen LogP contribution in [0.5, 0.6) is 0 Å². The maximum atomic E-state index is 11.7. The molecule has 0 aliphatic carbocycles. The lowest BCUT2D eigenvalue weighted by molar-refractivity contribution is -0.387. The van der Waals surface area contributed by atoms with Gasteiger partial charge in [-0.25, -0.2) is 4.79 Å². The van der Waals surface area contributed by atoms with E-state index in [0.717, 1.165) is 0 Å². The zero-order chi connectivity index (χ0) is 18.1. The SMILES string of the molecule is CCOC(=O)CC[C@H](C)Sc1ccc(C(=O)OCC)cc1[N+](=O)[O-]. The van der Waals surface area contributed by atoms with Crippen LogP contribution in [0.25, 0.3) is 0 Å². The number of thioether (sulfide) groups is 1. The Labute approximate surface area is 144 Å². The first kappa shape index (κ1) is 20.0. The third kappa shape index (κ3) is 6.19. The molecule has 0 amide bonds. The molecule has 0 heterocycles. The molecule has 0 unspecified atom stereocenters. The molecule has 1 aromatic rings. The number of ether oxygens (including phenoxy) is 2. The van der Waals surface area contributed by atoms with E-state index in [4.69, 9.17) is 9.47 Å². The van der Waals surface area contributed by atoms with Gasteiger partial charge in [-0.3, -0.25) is 14.9 Å². The summed E-state index contributed by atoms with van der Waals surface area (Å²) in [4.78, 5) is 34.2. The van der Waals surface area contributed by atoms with Crippen molar-refractivity contribution in [2.24, 2.45) is 0 Å². The molecule has 0 bridgehead atoms. The summed E-state index contributed by atoms with van der Waals surface area (Å²) >= 11 is 1.29. The lowest BCUT2D eigenvalue weighted by Gasteiger charge is -2.11. The largest absolute Gasteiger partial charge is 0.466 e. The quantitative estimate of drug-likeness (QED) is 0.289. The zero-order valence-electron chi connectivity index (χ0n) is 13.9. The minimum atomic E-state index is -0.590. The van der Waals surface area contributed by atoms with Gasteiger partial charge in [-0.1, -0.05) is 6.92 Å². The van der Waals surface area contributed by atoms with Crippen LogP contribution in [0.1, 0.15) is 44.0 Å². The Bertz CT molecular complexity index is 604. The normalized spacial score (nSPS) is 11.6. The van der Waals surface area contributed by atoms with Gasteiger partial charge in [0.2, 0.25) is 0 Å². The van der Waals surface area contributed by atoms with Crippen molar-refractivity contribution in [1.29, 1.82) is 0 Å². The number of nitro benzene ring substituents is 1. The highest BCUT2D eigenvalue weighted by molar-refractivity contribution is 8.00. The minimum absolute atomic E-state index is 0.0125. The third-order valence-corrected chi connectivity index (χ3v) is 4.29. The Morgan fingerprint density at radius 1 is 1.25 bits per heavy atom. The molecule has 0 aliphatic rings. The van der Waals surface area contributed by atoms with E-state index in [-0.39, 0.29) is 35.5 Å². The van der Waals surface area contributed by atoms with Crippen molar-refractivity contribution in [3.63, 3.8) is 0 Å². The molecule has 0 radical (unpaired) electrons. The van der Waals surface area contributed by atoms with Gasteiger partial charge >= 0.3 is 11.9 Å². The molecule has 0 aliphatic heterocycles. The number of carbonyl (C=O) groups excluding carboxylic acids is 2. The van der Waals surface area contributed by atoms with Crippen molar-refractivity contribution >= 4 is 29.4 Å². The Hall–Kier alpha value is -2.09. The first-order valence-corrected chi connectivity index (χ1v) is 8.54. The predicted octanol–water partition coefficient (Wildman–Crippen LogP) is 3.60. The molecule has 132 valence electrons. The summed E-state index contributed by atoms with van der Waals surface area (Å²) in [5.74, 6) is -0.871. The van der Waals surface area contributed by atoms with Crippen molar-refractivity contribution in [2.75, 3.05) is 13.2 Å². The molecular formula is C16H21NO6S. The molecule has 0 N–H and O–H groups in total. The summed E-state index contributed by atoms with van der Waals surface area (Å²) in [5.41, 5.74) is 0.000569. The van der Waals surface area contributed by atoms with E-state index >= 15 is 0 Å². The maximum absolute atomic E-state index is 11.7. The molecule has 24 heavy (non-hydrogen) atoms. The average Bonchev–Trinajstić information content (AvgIpc) is 2.53. The van der Waals surface area contributed by atoms with Gasteiger partial charge < -0.3 is 9.47 Å². The lowest BCUT2D eigenvalue weighted by atomic mass is 10.2. The standard InChI is InChI=1S/C16H21NO6S/c1-4-22-15(18)9-6-11(3)24-14-8-7-12(16(19)23-5-2)10-13(14)17(20)21/h7-8,10-11H,4-6,9H2,1-3H3/t11-/m0/s1. The smallest absolute Gasteiger partial charge is 0.338 e. The summed E-state index contributed by atoms with van der Waals surface area (Å²) in [6, 6.07) is 4.26. The van der Waals surface area contributed by atoms with E-state index < -0.39 is 10.9 Å². The molecule has 1 aromatic carbocycles. The van der Waals surface area contributed by atoms with Gasteiger partial charge in [0.15, 0.2) is 0 Å². The predicted molar refractivity (Wildman–Crippen MR) is 90.2 cm³/mol. The van der Waals surface area contributed by atoms with E-state index in [1.54, 1.807) is 13.8 Å². The van der Waals surface area contributed by atoms with Crippen molar-refractivity contribution < 1.29 is 24.0 Å². The molecule has 1 rings (SSSR count). The van der Waals surface area contributed by atoms with E-state index in [2.05, 4.69) is 0 Å². The third-order valence-electron chi connectivity index (χ3n) is 3.06. The molecule has 0 spiro atoms. The Morgan fingerprint density at radius 2 is 1.92 bits per heavy atom. The summed E-state index contributed by atoms with van der Waals surface area (Å²) in [6.07, 6.45) is 0.803. The second-order valence-corrected chi connectivity index (χ2v) is 6.41. The average molecular weight is 355 g/mol. The highest BCUT2D eigenvalue weighted by atomic mass is 32.2. The van der Waals surface area contributed by atoms with Crippen LogP contribution in [0.2, 0.25) is 0 Å². The summed E-state index contributed by atoms with van der Waals surface area (Å²) < 4.78 is 9.71. The van der Waals surface area contributed by atoms with E-state index in [1.807, 2.05) is 6.92 Å². The van der Waals surface area contributed by atoms with Crippen LogP contribution >= 0.6 is 11.8 Å². The van der Waals surface area contributed by atoms with Gasteiger partial charge in [-0.15, -0.1) is 11.8 Å². The van der Waals surface area contributed by atoms with Gasteiger partial charge in [0.25, 0.3) is 5.69 Å². The molecular weight excluding hydrogens is 334 g/mol. The monoisotopic (exact) mass is 355 g/mol. The fourth-order valence-electron chi connectivity index (χ4n) is 1.93. The zero-order valence-corrected chi connectivity index (χ0v) is 14.8. The fraction of sp³-hybridized carbons (Fsp3) is 0.500. The molecule has 0 saturated carbocycles. The van der Waals surface area contributed by atoms with Gasteiger partial charge in [0.1, 0.15) is 0 Å². The Kier molecular flexibility index (Phi) is 8.25. The first-order valence-electron chi connectivity index (χ1n) is 7.66. The van der Waals surface area contributed by atoms with Gasteiger partial charge in [-0.2, -0.15) is 0 Å². The Balaban J connectivity index is 2.81. The van der Waals surface area contributed by atoms with Crippen molar-refractivity contribution in [3.8, 4) is 0 Å². The molecule has 0 saturated heterocycles. The number of nitrogens with zero attached hydrogens (tertiary/aromatic N) is 1. The number of esters is 2. The van der Waals surface area contributed by atoms with E-state index in [1.165, 1.54) is 30.0 Å². The van der Waals surface area contributed by atoms with Crippen LogP contribution in [0, 0.1) is 10.1 Å². The molecule has 0 aromatic heterocycles. The lowest BCUT2D eigenvalue weighted by Crippen LogP contribution is -2.08. The topological polar surface area (TPSA) is 95.7 Å². The Morgan fingerprint density at radius 3 is 2.50 bits per heavy atom. The number of carbonyl (C=O) groups is 2. The molecule has 7 nitrogen and oxygen atoms in total. The van der Waals surface area contributed by atoms with Crippen molar-refractivity contribution in [1.82, 2.24) is 0 Å². The number of benzene rings is 1. The van der Waals surface area contributed by atoms with Gasteiger partial charge in [0.05, 0.1) is 28.6 Å². The number of nitro groups is 1. The number of rotatable bonds is 9. The van der Waals surface area contributed by atoms with Crippen LogP contribution < -0.4 is 0 Å². The molecule has 1 atom stereocenters. The first-order chi connectivity index (χ1) is 11.4. The maximum Gasteiger partial charge on any atom is 0.338 e. The van der Waals surface area contributed by atoms with Crippen molar-refractivity contribution in [3.05, 3.63) is 33.9 Å². The summed E-state index contributed by atoms with van der Waals surface area (Å²) in [5, 5.41) is 11.2. The molecule has 0 fully saturated rings. The van der Waals surface area contributed by atoms with Crippen LogP contribution in [-0.2, 0) is 14.3 Å². The number of hydrogen-bond donors (Lipinski definition) is 0. The van der Waals surface area contributed by atoms with Crippen molar-refractivity contribution in [2.45, 2.75) is 43.8 Å². The second-order valence-electron chi connectivity index (χ2n) is 4.93. The highest BCUT2D eigenvalue weighted by Crippen LogP contribution is 2.34. The summed E-state index contributed by atoms with van der Waals surface area (Å²) in [7, 11) is 0. The number of hydrogen-bond acceptors (Lipinski definition) is 7. The van der Waals surface area contributed by atoms with Gasteiger partial charge in [0, 0.05) is 17.7 Å². The van der Waals surface area contributed by atoms with E-state index in [0.29, 0.717) is 17.9 Å². The highest BCUT2D eigenvalue weighted by Gasteiger charge is 2.20. The van der Waals surface area contributed by atoms with Crippen LogP contribution in [0.3, 0.4) is 0 Å². The summed E-state index contributed by atoms with van der Waals surface area (Å²) in [6.45, 7) is 5.83. The minimum Gasteiger partial charge on any atom is -0.466 e. The van der Waals surface area contributed by atoms with Gasteiger partial charge in [-0.05, 0) is 32.4 Å². The van der Waals surface area contributed by atoms with Crippen LogP contribution in [0.4, 0.5) is 5.69 Å². The van der Waals surface area contributed by atoms with E-state index in [9.17, 15) is 19.7 Å².